The number of halogens is 1. The molecule has 0 saturated carbocycles. The first-order valence-electron chi connectivity index (χ1n) is 6.20. The third-order valence-corrected chi connectivity index (χ3v) is 3.92. The van der Waals surface area contributed by atoms with Crippen molar-refractivity contribution < 1.29 is 4.79 Å². The van der Waals surface area contributed by atoms with Gasteiger partial charge in [-0.15, -0.1) is 0 Å². The van der Waals surface area contributed by atoms with Crippen LogP contribution >= 0.6 is 15.9 Å². The topological polar surface area (TPSA) is 38.1 Å². The van der Waals surface area contributed by atoms with E-state index >= 15 is 0 Å². The molecule has 3 rings (SSSR count). The van der Waals surface area contributed by atoms with Crippen LogP contribution in [-0.2, 0) is 13.1 Å². The number of carbonyl (C=O) groups is 1. The van der Waals surface area contributed by atoms with Gasteiger partial charge in [0.2, 0.25) is 0 Å². The minimum atomic E-state index is 0.0882. The number of hydrogen-bond acceptors (Lipinski definition) is 3. The van der Waals surface area contributed by atoms with Crippen LogP contribution < -0.4 is 4.90 Å². The second-order valence-corrected chi connectivity index (χ2v) is 5.59. The van der Waals surface area contributed by atoms with Gasteiger partial charge >= 0.3 is 0 Å². The first-order valence-corrected chi connectivity index (χ1v) is 7.00. The summed E-state index contributed by atoms with van der Waals surface area (Å²) < 4.78 is 3.09. The number of carbonyl (C=O) groups excluding carboxylic acids is 1. The lowest BCUT2D eigenvalue weighted by Crippen LogP contribution is -2.34. The maximum atomic E-state index is 11.8. The Morgan fingerprint density at radius 2 is 2.21 bits per heavy atom. The van der Waals surface area contributed by atoms with E-state index in [9.17, 15) is 4.79 Å². The molecule has 98 valence electrons. The van der Waals surface area contributed by atoms with Gasteiger partial charge in [0.25, 0.3) is 0 Å². The van der Waals surface area contributed by atoms with E-state index in [1.807, 2.05) is 30.6 Å². The Labute approximate surface area is 120 Å². The third-order valence-electron chi connectivity index (χ3n) is 3.42. The fraction of sp³-hybridized carbons (Fsp3) is 0.286. The smallest absolute Gasteiger partial charge is 0.161 e. The monoisotopic (exact) mass is 319 g/mol. The second kappa shape index (κ2) is 4.81. The molecule has 0 amide bonds. The zero-order chi connectivity index (χ0) is 13.4. The summed E-state index contributed by atoms with van der Waals surface area (Å²) in [6, 6.07) is 5.86. The molecule has 0 radical (unpaired) electrons. The maximum absolute atomic E-state index is 11.8. The lowest BCUT2D eigenvalue weighted by atomic mass is 10.1. The van der Waals surface area contributed by atoms with Crippen LogP contribution in [0.1, 0.15) is 23.1 Å². The van der Waals surface area contributed by atoms with Gasteiger partial charge < -0.3 is 9.47 Å². The fourth-order valence-corrected chi connectivity index (χ4v) is 2.81. The first-order chi connectivity index (χ1) is 9.15. The van der Waals surface area contributed by atoms with Crippen molar-refractivity contribution in [2.45, 2.75) is 20.0 Å². The van der Waals surface area contributed by atoms with Crippen LogP contribution in [0.3, 0.4) is 0 Å². The number of nitrogens with zero attached hydrogens (tertiary/aromatic N) is 3. The highest BCUT2D eigenvalue weighted by atomic mass is 79.9. The standard InChI is InChI=1S/C14H14BrN3O/c1-10(19)12-8-11(15)2-3-13(12)18-7-6-17-5-4-16-14(17)9-18/h2-5,8H,6-7,9H2,1H3. The minimum Gasteiger partial charge on any atom is -0.362 e. The maximum Gasteiger partial charge on any atom is 0.161 e. The Morgan fingerprint density at radius 1 is 1.37 bits per heavy atom. The highest BCUT2D eigenvalue weighted by Gasteiger charge is 2.20. The third kappa shape index (κ3) is 2.30. The molecule has 0 aliphatic carbocycles. The van der Waals surface area contributed by atoms with Gasteiger partial charge in [0.05, 0.1) is 6.54 Å². The van der Waals surface area contributed by atoms with Crippen molar-refractivity contribution in [2.75, 3.05) is 11.4 Å². The molecule has 0 spiro atoms. The van der Waals surface area contributed by atoms with Crippen LogP contribution in [0, 0.1) is 0 Å². The van der Waals surface area contributed by atoms with E-state index in [1.165, 1.54) is 0 Å². The van der Waals surface area contributed by atoms with Gasteiger partial charge in [-0.05, 0) is 25.1 Å². The van der Waals surface area contributed by atoms with Gasteiger partial charge in [-0.1, -0.05) is 15.9 Å². The molecule has 2 heterocycles. The molecule has 1 aliphatic heterocycles. The van der Waals surface area contributed by atoms with Crippen LogP contribution in [0.15, 0.2) is 35.1 Å². The molecule has 19 heavy (non-hydrogen) atoms. The lowest BCUT2D eigenvalue weighted by molar-refractivity contribution is 0.101. The summed E-state index contributed by atoms with van der Waals surface area (Å²) in [6.07, 6.45) is 3.83. The number of rotatable bonds is 2. The van der Waals surface area contributed by atoms with Crippen molar-refractivity contribution in [3.63, 3.8) is 0 Å². The largest absolute Gasteiger partial charge is 0.362 e. The lowest BCUT2D eigenvalue weighted by Gasteiger charge is -2.30. The summed E-state index contributed by atoms with van der Waals surface area (Å²) in [7, 11) is 0. The van der Waals surface area contributed by atoms with Crippen molar-refractivity contribution in [3.8, 4) is 0 Å². The number of ketones is 1. The van der Waals surface area contributed by atoms with E-state index in [2.05, 4.69) is 30.4 Å². The Bertz CT molecular complexity index is 635. The summed E-state index contributed by atoms with van der Waals surface area (Å²) in [5, 5.41) is 0. The molecule has 4 nitrogen and oxygen atoms in total. The van der Waals surface area contributed by atoms with Crippen molar-refractivity contribution in [1.29, 1.82) is 0 Å². The first kappa shape index (κ1) is 12.4. The predicted molar refractivity (Wildman–Crippen MR) is 77.4 cm³/mol. The van der Waals surface area contributed by atoms with Gasteiger partial charge in [-0.3, -0.25) is 4.79 Å². The summed E-state index contributed by atoms with van der Waals surface area (Å²) in [6.45, 7) is 4.15. The number of anilines is 1. The van der Waals surface area contributed by atoms with E-state index < -0.39 is 0 Å². The van der Waals surface area contributed by atoms with E-state index in [1.54, 1.807) is 6.92 Å². The van der Waals surface area contributed by atoms with E-state index in [4.69, 9.17) is 0 Å². The van der Waals surface area contributed by atoms with Crippen LogP contribution in [0.2, 0.25) is 0 Å². The summed E-state index contributed by atoms with van der Waals surface area (Å²) >= 11 is 3.42. The number of benzene rings is 1. The van der Waals surface area contributed by atoms with Crippen LogP contribution in [0.25, 0.3) is 0 Å². The highest BCUT2D eigenvalue weighted by Crippen LogP contribution is 2.27. The van der Waals surface area contributed by atoms with E-state index in [0.717, 1.165) is 41.2 Å². The van der Waals surface area contributed by atoms with Gasteiger partial charge in [-0.2, -0.15) is 0 Å². The molecule has 5 heteroatoms. The number of imidazole rings is 1. The molecule has 1 aromatic heterocycles. The SMILES string of the molecule is CC(=O)c1cc(Br)ccc1N1CCn2ccnc2C1. The number of Topliss-reactive ketones (excluding diaryl/α,β-unsaturated/α-hetero) is 1. The Hall–Kier alpha value is -1.62. The van der Waals surface area contributed by atoms with Crippen molar-refractivity contribution >= 4 is 27.4 Å². The number of hydrogen-bond donors (Lipinski definition) is 0. The zero-order valence-corrected chi connectivity index (χ0v) is 12.2. The number of fused-ring (bicyclic) bond motifs is 1. The average molecular weight is 320 g/mol. The number of aromatic nitrogens is 2. The van der Waals surface area contributed by atoms with Gasteiger partial charge in [0.15, 0.2) is 5.78 Å². The summed E-state index contributed by atoms with van der Waals surface area (Å²) in [5.41, 5.74) is 1.75. The van der Waals surface area contributed by atoms with Crippen LogP contribution in [-0.4, -0.2) is 21.9 Å². The van der Waals surface area contributed by atoms with Crippen molar-refractivity contribution in [1.82, 2.24) is 9.55 Å². The van der Waals surface area contributed by atoms with Crippen LogP contribution in [0.5, 0.6) is 0 Å². The molecule has 0 bridgehead atoms. The molecule has 0 N–H and O–H groups in total. The molecule has 0 fully saturated rings. The Morgan fingerprint density at radius 3 is 3.00 bits per heavy atom. The molecular weight excluding hydrogens is 306 g/mol. The molecule has 0 saturated heterocycles. The quantitative estimate of drug-likeness (QED) is 0.799. The average Bonchev–Trinajstić information content (AvgIpc) is 2.85. The minimum absolute atomic E-state index is 0.0882. The van der Waals surface area contributed by atoms with Gasteiger partial charge in [-0.25, -0.2) is 4.98 Å². The molecule has 2 aromatic rings. The summed E-state index contributed by atoms with van der Waals surface area (Å²) in [4.78, 5) is 18.4. The zero-order valence-electron chi connectivity index (χ0n) is 10.6. The molecule has 0 unspecified atom stereocenters. The summed E-state index contributed by atoms with van der Waals surface area (Å²) in [5.74, 6) is 1.13. The van der Waals surface area contributed by atoms with Crippen molar-refractivity contribution in [2.24, 2.45) is 0 Å². The van der Waals surface area contributed by atoms with E-state index in [0.29, 0.717) is 0 Å². The van der Waals surface area contributed by atoms with Gasteiger partial charge in [0.1, 0.15) is 5.82 Å². The van der Waals surface area contributed by atoms with Crippen LogP contribution in [0.4, 0.5) is 5.69 Å². The van der Waals surface area contributed by atoms with Crippen molar-refractivity contribution in [3.05, 3.63) is 46.5 Å². The molecule has 1 aliphatic rings. The molecule has 0 atom stereocenters. The van der Waals surface area contributed by atoms with Gasteiger partial charge in [0, 0.05) is 41.2 Å². The van der Waals surface area contributed by atoms with E-state index in [-0.39, 0.29) is 5.78 Å². The fourth-order valence-electron chi connectivity index (χ4n) is 2.45. The second-order valence-electron chi connectivity index (χ2n) is 4.68. The Balaban J connectivity index is 1.98. The highest BCUT2D eigenvalue weighted by molar-refractivity contribution is 9.10. The Kier molecular flexibility index (Phi) is 3.14. The predicted octanol–water partition coefficient (Wildman–Crippen LogP) is 2.87. The molecule has 1 aromatic carbocycles. The molecular formula is C14H14BrN3O. The normalized spacial score (nSPS) is 14.3.